The Labute approximate surface area is 117 Å². The van der Waals surface area contributed by atoms with Gasteiger partial charge in [-0.05, 0) is 23.6 Å². The molecule has 4 heteroatoms. The van der Waals surface area contributed by atoms with Crippen molar-refractivity contribution in [1.29, 1.82) is 5.26 Å². The molecule has 3 nitrogen and oxygen atoms in total. The first kappa shape index (κ1) is 14.2. The molecule has 0 saturated carbocycles. The topological polar surface area (TPSA) is 56.9 Å². The lowest BCUT2D eigenvalue weighted by Crippen LogP contribution is -2.12. The van der Waals surface area contributed by atoms with E-state index in [-0.39, 0.29) is 12.5 Å². The first-order chi connectivity index (χ1) is 9.76. The van der Waals surface area contributed by atoms with E-state index >= 15 is 0 Å². The maximum absolute atomic E-state index is 12.9. The Morgan fingerprint density at radius 1 is 1.15 bits per heavy atom. The van der Waals surface area contributed by atoms with E-state index in [0.717, 1.165) is 11.1 Å². The number of hydrogen-bond donors (Lipinski definition) is 1. The molecule has 20 heavy (non-hydrogen) atoms. The average Bonchev–Trinajstić information content (AvgIpc) is 2.49. The Morgan fingerprint density at radius 2 is 1.90 bits per heavy atom. The van der Waals surface area contributed by atoms with E-state index < -0.39 is 11.9 Å². The van der Waals surface area contributed by atoms with Crippen molar-refractivity contribution >= 4 is 0 Å². The summed E-state index contributed by atoms with van der Waals surface area (Å²) < 4.78 is 12.9. The molecular formula is C16H15FN2O. The fourth-order valence-corrected chi connectivity index (χ4v) is 2.33. The van der Waals surface area contributed by atoms with Crippen molar-refractivity contribution in [1.82, 2.24) is 4.98 Å². The Hall–Kier alpha value is -2.25. The predicted molar refractivity (Wildman–Crippen MR) is 73.4 cm³/mol. The van der Waals surface area contributed by atoms with Crippen molar-refractivity contribution in [2.75, 3.05) is 6.61 Å². The second-order valence-electron chi connectivity index (χ2n) is 4.55. The molecular weight excluding hydrogens is 255 g/mol. The molecule has 0 fully saturated rings. The molecule has 0 amide bonds. The Kier molecular flexibility index (Phi) is 4.80. The summed E-state index contributed by atoms with van der Waals surface area (Å²) in [5, 5.41) is 18.7. The molecule has 0 aliphatic heterocycles. The van der Waals surface area contributed by atoms with E-state index in [1.807, 2.05) is 30.3 Å². The first-order valence-corrected chi connectivity index (χ1v) is 6.43. The standard InChI is InChI=1S/C16H15FN2O/c17-16-7-6-13(11-19-16)14(8-9-20)15(10-18)12-4-2-1-3-5-12/h1-7,11,14-15,20H,8-9H2/t14-,15-/m0/s1. The summed E-state index contributed by atoms with van der Waals surface area (Å²) in [6, 6.07) is 14.6. The fraction of sp³-hybridized carbons (Fsp3) is 0.250. The molecule has 0 aliphatic carbocycles. The molecule has 0 saturated heterocycles. The van der Waals surface area contributed by atoms with Crippen molar-refractivity contribution in [3.63, 3.8) is 0 Å². The summed E-state index contributed by atoms with van der Waals surface area (Å²) in [5.41, 5.74) is 1.65. The molecule has 102 valence electrons. The van der Waals surface area contributed by atoms with Crippen molar-refractivity contribution in [3.8, 4) is 6.07 Å². The van der Waals surface area contributed by atoms with Gasteiger partial charge in [0, 0.05) is 18.7 Å². The van der Waals surface area contributed by atoms with E-state index in [9.17, 15) is 14.8 Å². The van der Waals surface area contributed by atoms with Gasteiger partial charge in [-0.25, -0.2) is 4.98 Å². The minimum absolute atomic E-state index is 0.0347. The van der Waals surface area contributed by atoms with Crippen LogP contribution in [-0.4, -0.2) is 16.7 Å². The molecule has 2 aromatic rings. The zero-order valence-corrected chi connectivity index (χ0v) is 10.9. The zero-order chi connectivity index (χ0) is 14.4. The lowest BCUT2D eigenvalue weighted by Gasteiger charge is -2.21. The van der Waals surface area contributed by atoms with Gasteiger partial charge in [-0.15, -0.1) is 0 Å². The predicted octanol–water partition coefficient (Wildman–Crippen LogP) is 2.99. The third-order valence-corrected chi connectivity index (χ3v) is 3.32. The third kappa shape index (κ3) is 3.19. The maximum Gasteiger partial charge on any atom is 0.212 e. The molecule has 0 bridgehead atoms. The highest BCUT2D eigenvalue weighted by molar-refractivity contribution is 5.32. The lowest BCUT2D eigenvalue weighted by atomic mass is 9.81. The van der Waals surface area contributed by atoms with Crippen LogP contribution < -0.4 is 0 Å². The molecule has 1 aromatic carbocycles. The highest BCUT2D eigenvalue weighted by atomic mass is 19.1. The summed E-state index contributed by atoms with van der Waals surface area (Å²) in [6.45, 7) is -0.0347. The number of pyridine rings is 1. The first-order valence-electron chi connectivity index (χ1n) is 6.43. The summed E-state index contributed by atoms with van der Waals surface area (Å²) in [4.78, 5) is 3.63. The van der Waals surface area contributed by atoms with Crippen LogP contribution in [0.4, 0.5) is 4.39 Å². The van der Waals surface area contributed by atoms with Crippen LogP contribution in [0.3, 0.4) is 0 Å². The zero-order valence-electron chi connectivity index (χ0n) is 10.9. The van der Waals surface area contributed by atoms with Crippen LogP contribution in [0.2, 0.25) is 0 Å². The van der Waals surface area contributed by atoms with E-state index in [0.29, 0.717) is 6.42 Å². The SMILES string of the molecule is N#C[C@@H](c1ccccc1)[C@@H](CCO)c1ccc(F)nc1. The lowest BCUT2D eigenvalue weighted by molar-refractivity contribution is 0.272. The summed E-state index contributed by atoms with van der Waals surface area (Å²) >= 11 is 0. The summed E-state index contributed by atoms with van der Waals surface area (Å²) in [7, 11) is 0. The van der Waals surface area contributed by atoms with E-state index in [4.69, 9.17) is 0 Å². The molecule has 1 N–H and O–H groups in total. The van der Waals surface area contributed by atoms with Gasteiger partial charge in [-0.3, -0.25) is 0 Å². The van der Waals surface area contributed by atoms with Crippen LogP contribution in [0.15, 0.2) is 48.7 Å². The number of aromatic nitrogens is 1. The fourth-order valence-electron chi connectivity index (χ4n) is 2.33. The largest absolute Gasteiger partial charge is 0.396 e. The molecule has 1 aromatic heterocycles. The molecule has 0 radical (unpaired) electrons. The summed E-state index contributed by atoms with van der Waals surface area (Å²) in [6.07, 6.45) is 1.86. The van der Waals surface area contributed by atoms with Crippen LogP contribution in [-0.2, 0) is 0 Å². The van der Waals surface area contributed by atoms with Gasteiger partial charge in [0.05, 0.1) is 12.0 Å². The maximum atomic E-state index is 12.9. The van der Waals surface area contributed by atoms with Gasteiger partial charge in [-0.1, -0.05) is 36.4 Å². The minimum atomic E-state index is -0.551. The van der Waals surface area contributed by atoms with Crippen LogP contribution in [0, 0.1) is 17.3 Å². The number of nitriles is 1. The number of aliphatic hydroxyl groups excluding tert-OH is 1. The Bertz CT molecular complexity index is 578. The molecule has 1 heterocycles. The van der Waals surface area contributed by atoms with Gasteiger partial charge in [0.2, 0.25) is 5.95 Å². The molecule has 0 unspecified atom stereocenters. The van der Waals surface area contributed by atoms with Gasteiger partial charge in [0.25, 0.3) is 0 Å². The second-order valence-corrected chi connectivity index (χ2v) is 4.55. The van der Waals surface area contributed by atoms with Crippen LogP contribution in [0.25, 0.3) is 0 Å². The van der Waals surface area contributed by atoms with Gasteiger partial charge in [0.15, 0.2) is 0 Å². The molecule has 2 rings (SSSR count). The molecule has 0 aliphatic rings. The molecule has 0 spiro atoms. The van der Waals surface area contributed by atoms with Crippen LogP contribution in [0.5, 0.6) is 0 Å². The van der Waals surface area contributed by atoms with E-state index in [1.54, 1.807) is 6.07 Å². The number of halogens is 1. The number of hydrogen-bond acceptors (Lipinski definition) is 3. The monoisotopic (exact) mass is 270 g/mol. The van der Waals surface area contributed by atoms with Gasteiger partial charge in [0.1, 0.15) is 0 Å². The highest BCUT2D eigenvalue weighted by Crippen LogP contribution is 2.34. The second kappa shape index (κ2) is 6.78. The summed E-state index contributed by atoms with van der Waals surface area (Å²) in [5.74, 6) is -1.15. The van der Waals surface area contributed by atoms with Crippen molar-refractivity contribution in [3.05, 3.63) is 65.7 Å². The number of rotatable bonds is 5. The Balaban J connectivity index is 2.36. The highest BCUT2D eigenvalue weighted by Gasteiger charge is 2.24. The normalized spacial score (nSPS) is 13.4. The minimum Gasteiger partial charge on any atom is -0.396 e. The quantitative estimate of drug-likeness (QED) is 0.850. The number of nitrogens with zero attached hydrogens (tertiary/aromatic N) is 2. The number of aliphatic hydroxyl groups is 1. The molecule has 2 atom stereocenters. The van der Waals surface area contributed by atoms with Crippen molar-refractivity contribution < 1.29 is 9.50 Å². The number of benzene rings is 1. The average molecular weight is 270 g/mol. The van der Waals surface area contributed by atoms with Gasteiger partial charge >= 0.3 is 0 Å². The smallest absolute Gasteiger partial charge is 0.212 e. The van der Waals surface area contributed by atoms with E-state index in [1.165, 1.54) is 12.3 Å². The van der Waals surface area contributed by atoms with Crippen molar-refractivity contribution in [2.24, 2.45) is 0 Å². The third-order valence-electron chi connectivity index (χ3n) is 3.32. The van der Waals surface area contributed by atoms with Crippen molar-refractivity contribution in [2.45, 2.75) is 18.3 Å². The van der Waals surface area contributed by atoms with Crippen LogP contribution >= 0.6 is 0 Å². The van der Waals surface area contributed by atoms with Gasteiger partial charge in [-0.2, -0.15) is 9.65 Å². The van der Waals surface area contributed by atoms with Gasteiger partial charge < -0.3 is 5.11 Å². The van der Waals surface area contributed by atoms with Crippen LogP contribution in [0.1, 0.15) is 29.4 Å². The van der Waals surface area contributed by atoms with E-state index in [2.05, 4.69) is 11.1 Å². The Morgan fingerprint density at radius 3 is 2.45 bits per heavy atom.